The first-order valence-electron chi connectivity index (χ1n) is 26.7. The highest BCUT2D eigenvalue weighted by Crippen LogP contribution is 2.43. The lowest BCUT2D eigenvalue weighted by Gasteiger charge is -2.33. The molecule has 3 aromatic heterocycles. The third kappa shape index (κ3) is 7.51. The molecule has 0 spiro atoms. The van der Waals surface area contributed by atoms with Crippen LogP contribution in [0.5, 0.6) is 0 Å². The molecule has 0 bridgehead atoms. The van der Waals surface area contributed by atoms with Crippen LogP contribution in [0.4, 0.5) is 11.4 Å². The minimum absolute atomic E-state index is 0.0888. The largest absolute Gasteiger partial charge is 0.456 e. The average molecular weight is 977 g/mol. The number of furan rings is 2. The summed E-state index contributed by atoms with van der Waals surface area (Å²) in [5, 5.41) is 7.22. The fourth-order valence-electron chi connectivity index (χ4n) is 12.5. The van der Waals surface area contributed by atoms with Gasteiger partial charge in [-0.15, -0.1) is 0 Å². The molecule has 0 fully saturated rings. The molecule has 3 aliphatic carbocycles. The summed E-state index contributed by atoms with van der Waals surface area (Å²) in [4.78, 5) is 2.51. The Kier molecular flexibility index (Phi) is 10.6. The first-order chi connectivity index (χ1) is 37.7. The van der Waals surface area contributed by atoms with Crippen molar-refractivity contribution in [3.8, 4) is 5.69 Å². The maximum Gasteiger partial charge on any atom is 0.139 e. The van der Waals surface area contributed by atoms with Gasteiger partial charge in [0, 0.05) is 72.3 Å². The minimum Gasteiger partial charge on any atom is -0.456 e. The molecule has 4 heteroatoms. The fourth-order valence-corrected chi connectivity index (χ4v) is 12.5. The zero-order chi connectivity index (χ0) is 50.1. The van der Waals surface area contributed by atoms with Gasteiger partial charge in [0.25, 0.3) is 0 Å². The number of nitrogens with zero attached hydrogens (tertiary/aromatic N) is 2. The van der Waals surface area contributed by atoms with Crippen LogP contribution in [0.2, 0.25) is 0 Å². The smallest absolute Gasteiger partial charge is 0.139 e. The van der Waals surface area contributed by atoms with Crippen molar-refractivity contribution in [1.82, 2.24) is 4.57 Å². The van der Waals surface area contributed by atoms with Crippen LogP contribution >= 0.6 is 0 Å². The van der Waals surface area contributed by atoms with E-state index >= 15 is 0 Å². The average Bonchev–Trinajstić information content (AvgIpc) is 4.22. The molecule has 15 rings (SSSR count). The standard InChI is InChI=1S/C72H52N2O2/c1-5-28-67-61(20-1)62-21-2-6-29-68(62)74(67)58-19-11-16-52(46-58)49-36-42-57(43-37-49)73(55-38-32-47(33-39-55)50-14-9-17-53(44-50)59-24-12-26-65-63-22-3-7-30-69(63)75-71(59)65)56-40-34-48(35-41-56)51-15-10-18-54(45-51)60-25-13-27-66-64-23-4-8-31-70(64)76-72(60)66/h1-16,19-42,44-46,53-54,57H,17-18,43H2. The van der Waals surface area contributed by atoms with Crippen LogP contribution in [-0.4, -0.2) is 10.6 Å². The van der Waals surface area contributed by atoms with Crippen molar-refractivity contribution in [2.75, 3.05) is 4.90 Å². The van der Waals surface area contributed by atoms with E-state index in [1.165, 1.54) is 87.9 Å². The third-order valence-corrected chi connectivity index (χ3v) is 16.2. The Hall–Kier alpha value is -9.38. The topological polar surface area (TPSA) is 34.5 Å². The van der Waals surface area contributed by atoms with E-state index in [4.69, 9.17) is 8.83 Å². The van der Waals surface area contributed by atoms with Gasteiger partial charge in [0.15, 0.2) is 0 Å². The molecule has 0 saturated carbocycles. The van der Waals surface area contributed by atoms with Crippen LogP contribution in [0.15, 0.2) is 270 Å². The number of rotatable bonds is 9. The van der Waals surface area contributed by atoms with Crippen molar-refractivity contribution >= 4 is 93.8 Å². The molecule has 3 heterocycles. The van der Waals surface area contributed by atoms with E-state index < -0.39 is 0 Å². The van der Waals surface area contributed by atoms with E-state index in [1.807, 2.05) is 12.1 Å². The highest BCUT2D eigenvalue weighted by Gasteiger charge is 2.25. The second-order valence-corrected chi connectivity index (χ2v) is 20.6. The Bertz CT molecular complexity index is 4210. The Balaban J connectivity index is 0.756. The maximum atomic E-state index is 6.51. The summed E-state index contributed by atoms with van der Waals surface area (Å²) in [5.41, 5.74) is 19.5. The summed E-state index contributed by atoms with van der Waals surface area (Å²) in [6.45, 7) is 0. The van der Waals surface area contributed by atoms with Crippen molar-refractivity contribution < 1.29 is 8.83 Å². The predicted octanol–water partition coefficient (Wildman–Crippen LogP) is 19.4. The van der Waals surface area contributed by atoms with Gasteiger partial charge in [-0.25, -0.2) is 0 Å². The first-order valence-corrected chi connectivity index (χ1v) is 26.7. The number of allylic oxidation sites excluding steroid dienone is 10. The third-order valence-electron chi connectivity index (χ3n) is 16.2. The van der Waals surface area contributed by atoms with Gasteiger partial charge in [-0.05, 0) is 113 Å². The molecule has 76 heavy (non-hydrogen) atoms. The predicted molar refractivity (Wildman–Crippen MR) is 318 cm³/mol. The van der Waals surface area contributed by atoms with Crippen LogP contribution in [-0.2, 0) is 0 Å². The Labute approximate surface area is 441 Å². The molecule has 362 valence electrons. The zero-order valence-electron chi connectivity index (χ0n) is 41.9. The molecule has 0 aliphatic heterocycles. The zero-order valence-corrected chi connectivity index (χ0v) is 41.9. The molecule has 0 N–H and O–H groups in total. The van der Waals surface area contributed by atoms with E-state index in [0.29, 0.717) is 0 Å². The highest BCUT2D eigenvalue weighted by molar-refractivity contribution is 6.10. The van der Waals surface area contributed by atoms with Gasteiger partial charge in [0.05, 0.1) is 17.1 Å². The Morgan fingerprint density at radius 2 is 0.882 bits per heavy atom. The van der Waals surface area contributed by atoms with Gasteiger partial charge in [-0.2, -0.15) is 0 Å². The summed E-state index contributed by atoms with van der Waals surface area (Å²) < 4.78 is 15.4. The van der Waals surface area contributed by atoms with Crippen LogP contribution in [0, 0.1) is 0 Å². The van der Waals surface area contributed by atoms with Crippen LogP contribution in [0.1, 0.15) is 58.9 Å². The highest BCUT2D eigenvalue weighted by atomic mass is 16.3. The number of hydrogen-bond acceptors (Lipinski definition) is 3. The van der Waals surface area contributed by atoms with Crippen LogP contribution in [0.3, 0.4) is 0 Å². The quantitative estimate of drug-likeness (QED) is 0.145. The molecule has 0 radical (unpaired) electrons. The number of fused-ring (bicyclic) bond motifs is 9. The molecule has 0 saturated heterocycles. The van der Waals surface area contributed by atoms with E-state index in [-0.39, 0.29) is 17.9 Å². The number of anilines is 2. The Morgan fingerprint density at radius 3 is 1.41 bits per heavy atom. The Morgan fingerprint density at radius 1 is 0.395 bits per heavy atom. The number of aromatic nitrogens is 1. The van der Waals surface area contributed by atoms with Crippen LogP contribution in [0.25, 0.3) is 88.1 Å². The number of benzene rings is 9. The summed E-state index contributed by atoms with van der Waals surface area (Å²) in [6, 6.07) is 74.9. The lowest BCUT2D eigenvalue weighted by molar-refractivity contribution is 0.657. The molecule has 0 amide bonds. The van der Waals surface area contributed by atoms with Gasteiger partial charge in [0.1, 0.15) is 22.3 Å². The van der Waals surface area contributed by atoms with E-state index in [2.05, 4.69) is 258 Å². The normalized spacial score (nSPS) is 17.5. The minimum atomic E-state index is 0.0888. The van der Waals surface area contributed by atoms with E-state index in [0.717, 1.165) is 58.7 Å². The first kappa shape index (κ1) is 44.1. The number of hydrogen-bond donors (Lipinski definition) is 0. The second-order valence-electron chi connectivity index (χ2n) is 20.6. The van der Waals surface area contributed by atoms with Gasteiger partial charge in [-0.3, -0.25) is 0 Å². The second kappa shape index (κ2) is 18.2. The van der Waals surface area contributed by atoms with Crippen molar-refractivity contribution in [3.63, 3.8) is 0 Å². The van der Waals surface area contributed by atoms with Gasteiger partial charge >= 0.3 is 0 Å². The van der Waals surface area contributed by atoms with E-state index in [9.17, 15) is 0 Å². The molecule has 3 unspecified atom stereocenters. The van der Waals surface area contributed by atoms with Crippen molar-refractivity contribution in [3.05, 3.63) is 289 Å². The van der Waals surface area contributed by atoms with Gasteiger partial charge < -0.3 is 18.3 Å². The molecule has 4 nitrogen and oxygen atoms in total. The summed E-state index contributed by atoms with van der Waals surface area (Å²) in [5.74, 6) is 0.414. The van der Waals surface area contributed by atoms with Gasteiger partial charge in [-0.1, -0.05) is 200 Å². The molecule has 3 atom stereocenters. The lowest BCUT2D eigenvalue weighted by Crippen LogP contribution is -2.30. The SMILES string of the molecule is C1=CC(c2ccc(N(c3ccc(C4=CC(c5cccc6c5oc5ccccc56)CC=C4)cc3)C3C=CC(c4cccc(-n5c6ccccc6c6ccccc65)c4)=CC3)cc2)=CC(c2cccc3c2oc2ccccc23)C1. The van der Waals surface area contributed by atoms with Crippen molar-refractivity contribution in [2.45, 2.75) is 37.1 Å². The maximum absolute atomic E-state index is 6.51. The summed E-state index contributed by atoms with van der Waals surface area (Å²) in [6.07, 6.45) is 23.9. The van der Waals surface area contributed by atoms with Crippen molar-refractivity contribution in [2.24, 2.45) is 0 Å². The molecular weight excluding hydrogens is 925 g/mol. The van der Waals surface area contributed by atoms with Crippen LogP contribution < -0.4 is 4.90 Å². The number of para-hydroxylation sites is 6. The molecule has 3 aliphatic rings. The van der Waals surface area contributed by atoms with Crippen molar-refractivity contribution in [1.29, 1.82) is 0 Å². The molecular formula is C72H52N2O2. The monoisotopic (exact) mass is 976 g/mol. The molecule has 9 aromatic carbocycles. The fraction of sp³-hybridized carbons (Fsp3) is 0.0833. The van der Waals surface area contributed by atoms with Gasteiger partial charge in [0.2, 0.25) is 0 Å². The molecule has 12 aromatic rings. The summed E-state index contributed by atoms with van der Waals surface area (Å²) in [7, 11) is 0. The lowest BCUT2D eigenvalue weighted by atomic mass is 9.86. The van der Waals surface area contributed by atoms with E-state index in [1.54, 1.807) is 0 Å². The summed E-state index contributed by atoms with van der Waals surface area (Å²) >= 11 is 0.